The lowest BCUT2D eigenvalue weighted by atomic mass is 10.0. The molecule has 0 atom stereocenters. The molecule has 0 bridgehead atoms. The molecule has 0 unspecified atom stereocenters. The number of halogens is 2. The van der Waals surface area contributed by atoms with Crippen LogP contribution in [0, 0.1) is 6.92 Å². The topological polar surface area (TPSA) is 101 Å². The second kappa shape index (κ2) is 11.7. The Morgan fingerprint density at radius 1 is 1.02 bits per heavy atom. The molecule has 11 heteroatoms. The third-order valence-corrected chi connectivity index (χ3v) is 8.90. The van der Waals surface area contributed by atoms with Gasteiger partial charge < -0.3 is 15.5 Å². The molecule has 0 saturated heterocycles. The molecule has 2 aromatic heterocycles. The zero-order valence-electron chi connectivity index (χ0n) is 23.5. The fourth-order valence-corrected chi connectivity index (χ4v) is 5.74. The molecule has 9 nitrogen and oxygen atoms in total. The van der Waals surface area contributed by atoms with Gasteiger partial charge in [-0.15, -0.1) is 0 Å². The summed E-state index contributed by atoms with van der Waals surface area (Å²) in [5, 5.41) is 11.2. The van der Waals surface area contributed by atoms with E-state index in [-0.39, 0.29) is 23.9 Å². The van der Waals surface area contributed by atoms with Crippen LogP contribution in [0.2, 0.25) is 5.02 Å². The Morgan fingerprint density at radius 3 is 2.44 bits per heavy atom. The van der Waals surface area contributed by atoms with Crippen molar-refractivity contribution in [1.29, 1.82) is 0 Å². The predicted octanol–water partition coefficient (Wildman–Crippen LogP) is 5.38. The van der Waals surface area contributed by atoms with Gasteiger partial charge in [-0.05, 0) is 77.3 Å². The van der Waals surface area contributed by atoms with Gasteiger partial charge in [0, 0.05) is 41.3 Å². The highest BCUT2D eigenvalue weighted by Crippen LogP contribution is 2.28. The highest BCUT2D eigenvalue weighted by Gasteiger charge is 2.29. The van der Waals surface area contributed by atoms with Gasteiger partial charge in [-0.3, -0.25) is 19.0 Å². The predicted molar refractivity (Wildman–Crippen MR) is 170 cm³/mol. The number of benzene rings is 3. The molecule has 0 spiro atoms. The van der Waals surface area contributed by atoms with Crippen LogP contribution in [0.25, 0.3) is 11.3 Å². The molecule has 0 aliphatic carbocycles. The maximum absolute atomic E-state index is 14.2. The molecule has 218 valence electrons. The summed E-state index contributed by atoms with van der Waals surface area (Å²) in [5.41, 5.74) is 6.09. The Morgan fingerprint density at radius 2 is 1.74 bits per heavy atom. The maximum atomic E-state index is 14.2. The van der Waals surface area contributed by atoms with Gasteiger partial charge in [0.05, 0.1) is 34.8 Å². The van der Waals surface area contributed by atoms with Crippen LogP contribution in [0.4, 0.5) is 5.69 Å². The molecule has 3 aromatic carbocycles. The van der Waals surface area contributed by atoms with Gasteiger partial charge in [-0.2, -0.15) is 5.10 Å². The van der Waals surface area contributed by atoms with Crippen LogP contribution in [-0.2, 0) is 19.5 Å². The molecular weight excluding hydrogens is 632 g/mol. The van der Waals surface area contributed by atoms with Crippen molar-refractivity contribution in [2.75, 3.05) is 18.9 Å². The minimum Gasteiger partial charge on any atom is -0.377 e. The monoisotopic (exact) mass is 658 g/mol. The van der Waals surface area contributed by atoms with Gasteiger partial charge in [0.15, 0.2) is 5.65 Å². The average Bonchev–Trinajstić information content (AvgIpc) is 3.45. The lowest BCUT2D eigenvalue weighted by Crippen LogP contribution is -2.41. The second-order valence-corrected chi connectivity index (χ2v) is 11.7. The quantitative estimate of drug-likeness (QED) is 0.255. The maximum Gasteiger partial charge on any atom is 0.261 e. The molecule has 1 aliphatic rings. The fraction of sp³-hybridized carbons (Fsp3) is 0.188. The van der Waals surface area contributed by atoms with Crippen molar-refractivity contribution in [2.45, 2.75) is 26.4 Å². The van der Waals surface area contributed by atoms with E-state index in [9.17, 15) is 14.4 Å². The summed E-state index contributed by atoms with van der Waals surface area (Å²) >= 11 is 9.64. The van der Waals surface area contributed by atoms with E-state index in [4.69, 9.17) is 16.7 Å². The first-order valence-electron chi connectivity index (χ1n) is 13.8. The van der Waals surface area contributed by atoms with E-state index in [1.807, 2.05) is 6.92 Å². The molecule has 6 rings (SSSR count). The summed E-state index contributed by atoms with van der Waals surface area (Å²) < 4.78 is 4.08. The highest BCUT2D eigenvalue weighted by atomic mass is 79.9. The van der Waals surface area contributed by atoms with E-state index in [1.165, 1.54) is 5.56 Å². The summed E-state index contributed by atoms with van der Waals surface area (Å²) in [6.45, 7) is 3.15. The summed E-state index contributed by atoms with van der Waals surface area (Å²) in [7, 11) is 1.57. The molecule has 5 aromatic rings. The molecule has 0 radical (unpaired) electrons. The van der Waals surface area contributed by atoms with E-state index < -0.39 is 0 Å². The highest BCUT2D eigenvalue weighted by molar-refractivity contribution is 9.10. The van der Waals surface area contributed by atoms with Gasteiger partial charge in [0.1, 0.15) is 0 Å². The number of amides is 2. The standard InChI is InChI=1S/C32H28BrClN6O3/c1-19-3-5-20(6-4-19)16-36-27-17-37-40-28-18-38(31(42)22-9-12-25(33)26(34)15-22)14-13-24(28)32(43)39(30(27)40)23-10-7-21(8-11-23)29(41)35-2/h3-12,15,17,36H,13-14,16,18H2,1-2H3,(H,35,41). The van der Waals surface area contributed by atoms with Crippen LogP contribution in [0.3, 0.4) is 0 Å². The molecule has 0 fully saturated rings. The Labute approximate surface area is 261 Å². The number of hydrogen-bond donors (Lipinski definition) is 2. The van der Waals surface area contributed by atoms with E-state index >= 15 is 0 Å². The third-order valence-electron chi connectivity index (χ3n) is 7.67. The van der Waals surface area contributed by atoms with Gasteiger partial charge >= 0.3 is 0 Å². The normalized spacial score (nSPS) is 12.7. The van der Waals surface area contributed by atoms with E-state index in [0.717, 1.165) is 5.56 Å². The van der Waals surface area contributed by atoms with Crippen molar-refractivity contribution in [2.24, 2.45) is 0 Å². The Balaban J connectivity index is 1.44. The molecule has 2 amide bonds. The number of hydrogen-bond acceptors (Lipinski definition) is 5. The van der Waals surface area contributed by atoms with E-state index in [1.54, 1.807) is 69.7 Å². The smallest absolute Gasteiger partial charge is 0.261 e. The number of aryl methyl sites for hydroxylation is 1. The number of carbonyl (C=O) groups excluding carboxylic acids is 2. The fourth-order valence-electron chi connectivity index (χ4n) is 5.32. The van der Waals surface area contributed by atoms with Gasteiger partial charge in [-0.1, -0.05) is 41.4 Å². The summed E-state index contributed by atoms with van der Waals surface area (Å²) in [6, 6.07) is 20.2. The van der Waals surface area contributed by atoms with Gasteiger partial charge in [-0.25, -0.2) is 4.52 Å². The van der Waals surface area contributed by atoms with Gasteiger partial charge in [0.25, 0.3) is 17.4 Å². The van der Waals surface area contributed by atoms with Crippen molar-refractivity contribution < 1.29 is 9.59 Å². The lowest BCUT2D eigenvalue weighted by Gasteiger charge is -2.29. The summed E-state index contributed by atoms with van der Waals surface area (Å²) in [5.74, 6) is -0.386. The Bertz CT molecular complexity index is 1930. The van der Waals surface area contributed by atoms with Gasteiger partial charge in [0.2, 0.25) is 0 Å². The number of anilines is 1. The summed E-state index contributed by atoms with van der Waals surface area (Å²) in [4.78, 5) is 41.5. The minimum absolute atomic E-state index is 0.174. The molecule has 0 saturated carbocycles. The van der Waals surface area contributed by atoms with Crippen LogP contribution in [0.5, 0.6) is 0 Å². The number of rotatable bonds is 6. The number of fused-ring (bicyclic) bond motifs is 3. The largest absolute Gasteiger partial charge is 0.377 e. The van der Waals surface area contributed by atoms with Crippen molar-refractivity contribution in [3.8, 4) is 5.69 Å². The van der Waals surface area contributed by atoms with Crippen LogP contribution in [0.15, 0.2) is 82.2 Å². The summed E-state index contributed by atoms with van der Waals surface area (Å²) in [6.07, 6.45) is 2.07. The lowest BCUT2D eigenvalue weighted by molar-refractivity contribution is 0.0729. The third kappa shape index (κ3) is 5.44. The molecule has 2 N–H and O–H groups in total. The van der Waals surface area contributed by atoms with E-state index in [2.05, 4.69) is 50.8 Å². The Kier molecular flexibility index (Phi) is 7.81. The SMILES string of the molecule is CNC(=O)c1ccc(-n2c(=O)c3c(n4ncc(NCc5ccc(C)cc5)c24)CN(C(=O)c2ccc(Br)c(Cl)c2)CC3)cc1. The zero-order valence-corrected chi connectivity index (χ0v) is 25.9. The first kappa shape index (κ1) is 28.7. The van der Waals surface area contributed by atoms with Crippen LogP contribution < -0.4 is 16.2 Å². The number of carbonyl (C=O) groups is 2. The molecule has 3 heterocycles. The van der Waals surface area contributed by atoms with Crippen LogP contribution in [0.1, 0.15) is 43.1 Å². The molecular formula is C32H28BrClN6O3. The first-order valence-corrected chi connectivity index (χ1v) is 14.9. The molecule has 1 aliphatic heterocycles. The van der Waals surface area contributed by atoms with Crippen molar-refractivity contribution in [3.63, 3.8) is 0 Å². The number of nitrogens with one attached hydrogen (secondary N) is 2. The first-order chi connectivity index (χ1) is 20.7. The van der Waals surface area contributed by atoms with Crippen molar-refractivity contribution >= 4 is 50.7 Å². The minimum atomic E-state index is -0.212. The Hall–Kier alpha value is -4.41. The average molecular weight is 660 g/mol. The van der Waals surface area contributed by atoms with Crippen molar-refractivity contribution in [3.05, 3.63) is 126 Å². The number of nitrogens with zero attached hydrogens (tertiary/aromatic N) is 4. The van der Waals surface area contributed by atoms with Crippen molar-refractivity contribution in [1.82, 2.24) is 24.4 Å². The van der Waals surface area contributed by atoms with E-state index in [0.29, 0.717) is 68.4 Å². The second-order valence-electron chi connectivity index (χ2n) is 10.4. The van der Waals surface area contributed by atoms with Crippen LogP contribution >= 0.6 is 27.5 Å². The number of aromatic nitrogens is 3. The molecule has 43 heavy (non-hydrogen) atoms. The van der Waals surface area contributed by atoms with Crippen LogP contribution in [-0.4, -0.2) is 44.5 Å². The zero-order chi connectivity index (χ0) is 30.2.